The fraction of sp³-hybridized carbons (Fsp3) is 1.00. The third-order valence-corrected chi connectivity index (χ3v) is 2.17. The minimum absolute atomic E-state index is 0.363. The van der Waals surface area contributed by atoms with Crippen LogP contribution in [0.25, 0.3) is 20.9 Å². The first-order valence-corrected chi connectivity index (χ1v) is 4.66. The zero-order valence-corrected chi connectivity index (χ0v) is 6.55. The molecule has 0 rings (SSSR count). The van der Waals surface area contributed by atoms with E-state index in [9.17, 15) is 0 Å². The van der Waals surface area contributed by atoms with Crippen molar-refractivity contribution >= 4 is 21.6 Å². The second-order valence-electron chi connectivity index (χ2n) is 0.956. The van der Waals surface area contributed by atoms with Crippen LogP contribution in [0.15, 0.2) is 10.2 Å². The zero-order valence-electron chi connectivity index (χ0n) is 4.91. The van der Waals surface area contributed by atoms with Crippen LogP contribution in [-0.4, -0.2) is 11.8 Å². The summed E-state index contributed by atoms with van der Waals surface area (Å²) in [5, 5.41) is 6.51. The maximum absolute atomic E-state index is 7.82. The van der Waals surface area contributed by atoms with Crippen LogP contribution >= 0.6 is 21.6 Å². The van der Waals surface area contributed by atoms with Gasteiger partial charge in [-0.25, -0.2) is 0 Å². The first kappa shape index (κ1) is 9.32. The van der Waals surface area contributed by atoms with Crippen molar-refractivity contribution in [1.29, 1.82) is 0 Å². The van der Waals surface area contributed by atoms with E-state index in [1.807, 2.05) is 0 Å². The van der Waals surface area contributed by atoms with E-state index >= 15 is 0 Å². The quantitative estimate of drug-likeness (QED) is 0.211. The van der Waals surface area contributed by atoms with E-state index in [2.05, 4.69) is 20.1 Å². The van der Waals surface area contributed by atoms with E-state index in [0.29, 0.717) is 11.8 Å². The predicted molar refractivity (Wildman–Crippen MR) is 43.2 cm³/mol. The third kappa shape index (κ3) is 7.32. The lowest BCUT2D eigenvalue weighted by Crippen LogP contribution is -1.64. The second kappa shape index (κ2) is 8.32. The van der Waals surface area contributed by atoms with Crippen LogP contribution in [0, 0.1) is 0 Å². The number of hydrogen-bond acceptors (Lipinski definition) is 4. The van der Waals surface area contributed by atoms with Gasteiger partial charge in [0, 0.05) is 9.82 Å². The highest BCUT2D eigenvalue weighted by Gasteiger charge is 1.82. The van der Waals surface area contributed by atoms with E-state index in [1.165, 1.54) is 21.6 Å². The van der Waals surface area contributed by atoms with Crippen LogP contribution in [0.4, 0.5) is 0 Å². The fourth-order valence-corrected chi connectivity index (χ4v) is 1.25. The zero-order chi connectivity index (χ0) is 7.66. The van der Waals surface area contributed by atoms with Crippen molar-refractivity contribution < 1.29 is 0 Å². The van der Waals surface area contributed by atoms with Gasteiger partial charge < -0.3 is 0 Å². The van der Waals surface area contributed by atoms with Crippen LogP contribution < -0.4 is 0 Å². The molecule has 0 N–H and O–H groups in total. The Kier molecular flexibility index (Phi) is 7.75. The molecular weight excluding hydrogens is 172 g/mol. The molecule has 0 aromatic carbocycles. The first-order chi connectivity index (χ1) is 4.91. The maximum atomic E-state index is 7.82. The minimum atomic E-state index is 0.363. The molecule has 0 saturated carbocycles. The minimum Gasteiger partial charge on any atom is -0.0881 e. The van der Waals surface area contributed by atoms with Crippen LogP contribution in [-0.2, 0) is 0 Å². The number of hydrogen-bond donors (Lipinski definition) is 0. The molecule has 0 unspecified atom stereocenters. The van der Waals surface area contributed by atoms with Crippen molar-refractivity contribution in [3.63, 3.8) is 0 Å². The van der Waals surface area contributed by atoms with E-state index in [1.54, 1.807) is 0 Å². The standard InChI is InChI=1S/C2H4N6S2/c3-7-5-1-9-10-2-6-8-4/h1-2H2. The van der Waals surface area contributed by atoms with Crippen LogP contribution in [0.2, 0.25) is 0 Å². The molecule has 0 heterocycles. The highest BCUT2D eigenvalue weighted by atomic mass is 33.1. The maximum Gasteiger partial charge on any atom is 0.0825 e. The largest absolute Gasteiger partial charge is 0.0881 e. The lowest BCUT2D eigenvalue weighted by molar-refractivity contribution is 1.33. The van der Waals surface area contributed by atoms with E-state index in [0.717, 1.165) is 0 Å². The lowest BCUT2D eigenvalue weighted by atomic mass is 11.5. The Hall–Kier alpha value is -0.680. The lowest BCUT2D eigenvalue weighted by Gasteiger charge is -1.87. The van der Waals surface area contributed by atoms with Gasteiger partial charge in [0.15, 0.2) is 0 Å². The second-order valence-corrected chi connectivity index (χ2v) is 3.36. The topological polar surface area (TPSA) is 97.5 Å². The molecule has 0 atom stereocenters. The predicted octanol–water partition coefficient (Wildman–Crippen LogP) is 2.90. The first-order valence-electron chi connectivity index (χ1n) is 2.18. The molecule has 0 fully saturated rings. The van der Waals surface area contributed by atoms with Crippen molar-refractivity contribution in [3.05, 3.63) is 20.9 Å². The monoisotopic (exact) mass is 176 g/mol. The molecule has 54 valence electrons. The molecule has 0 aromatic heterocycles. The van der Waals surface area contributed by atoms with Gasteiger partial charge in [0.1, 0.15) is 0 Å². The highest BCUT2D eigenvalue weighted by Crippen LogP contribution is 2.20. The normalized spacial score (nSPS) is 7.60. The molecule has 8 heteroatoms. The van der Waals surface area contributed by atoms with Crippen molar-refractivity contribution in [1.82, 2.24) is 0 Å². The van der Waals surface area contributed by atoms with Gasteiger partial charge in [0.05, 0.1) is 11.8 Å². The average molecular weight is 176 g/mol. The highest BCUT2D eigenvalue weighted by molar-refractivity contribution is 8.76. The van der Waals surface area contributed by atoms with Gasteiger partial charge in [-0.05, 0) is 11.1 Å². The SMILES string of the molecule is [N-]=[N+]=NCSSCN=[N+]=[N-]. The Morgan fingerprint density at radius 3 is 1.70 bits per heavy atom. The molecule has 0 aliphatic carbocycles. The molecule has 0 aromatic rings. The number of azide groups is 2. The summed E-state index contributed by atoms with van der Waals surface area (Å²) < 4.78 is 0. The summed E-state index contributed by atoms with van der Waals surface area (Å²) in [5.41, 5.74) is 15.6. The molecule has 0 spiro atoms. The van der Waals surface area contributed by atoms with Gasteiger partial charge >= 0.3 is 0 Å². The molecule has 10 heavy (non-hydrogen) atoms. The van der Waals surface area contributed by atoms with Gasteiger partial charge in [-0.2, -0.15) is 0 Å². The molecule has 0 aliphatic heterocycles. The summed E-state index contributed by atoms with van der Waals surface area (Å²) in [5.74, 6) is 0.726. The Bertz CT molecular complexity index is 147. The Balaban J connectivity index is 3.04. The average Bonchev–Trinajstić information content (AvgIpc) is 1.97. The van der Waals surface area contributed by atoms with Crippen LogP contribution in [0.5, 0.6) is 0 Å². The van der Waals surface area contributed by atoms with E-state index in [-0.39, 0.29) is 0 Å². The Labute approximate surface area is 65.0 Å². The summed E-state index contributed by atoms with van der Waals surface area (Å²) in [7, 11) is 2.70. The Morgan fingerprint density at radius 1 is 1.00 bits per heavy atom. The number of nitrogens with zero attached hydrogens (tertiary/aromatic N) is 6. The van der Waals surface area contributed by atoms with Gasteiger partial charge in [0.2, 0.25) is 0 Å². The summed E-state index contributed by atoms with van der Waals surface area (Å²) in [6, 6.07) is 0. The Morgan fingerprint density at radius 2 is 1.40 bits per heavy atom. The molecule has 0 radical (unpaired) electrons. The summed E-state index contributed by atoms with van der Waals surface area (Å²) in [6.07, 6.45) is 0. The molecule has 0 aliphatic rings. The van der Waals surface area contributed by atoms with Crippen molar-refractivity contribution in [3.8, 4) is 0 Å². The van der Waals surface area contributed by atoms with Crippen molar-refractivity contribution in [2.75, 3.05) is 11.8 Å². The fourth-order valence-electron chi connectivity index (χ4n) is 0.173. The van der Waals surface area contributed by atoms with Crippen molar-refractivity contribution in [2.24, 2.45) is 10.2 Å². The molecular formula is C2H4N6S2. The van der Waals surface area contributed by atoms with Crippen molar-refractivity contribution in [2.45, 2.75) is 0 Å². The summed E-state index contributed by atoms with van der Waals surface area (Å²) in [6.45, 7) is 0. The smallest absolute Gasteiger partial charge is 0.0825 e. The van der Waals surface area contributed by atoms with Crippen LogP contribution in [0.3, 0.4) is 0 Å². The third-order valence-electron chi connectivity index (χ3n) is 0.431. The molecule has 0 bridgehead atoms. The van der Waals surface area contributed by atoms with Gasteiger partial charge in [-0.1, -0.05) is 31.8 Å². The number of rotatable bonds is 5. The van der Waals surface area contributed by atoms with Gasteiger partial charge in [0.25, 0.3) is 0 Å². The van der Waals surface area contributed by atoms with E-state index < -0.39 is 0 Å². The van der Waals surface area contributed by atoms with Gasteiger partial charge in [-0.15, -0.1) is 0 Å². The molecule has 0 amide bonds. The van der Waals surface area contributed by atoms with Gasteiger partial charge in [-0.3, -0.25) is 0 Å². The molecule has 6 nitrogen and oxygen atoms in total. The van der Waals surface area contributed by atoms with E-state index in [4.69, 9.17) is 11.1 Å². The molecule has 0 saturated heterocycles. The summed E-state index contributed by atoms with van der Waals surface area (Å²) >= 11 is 0. The summed E-state index contributed by atoms with van der Waals surface area (Å²) in [4.78, 5) is 5.08. The van der Waals surface area contributed by atoms with Crippen LogP contribution in [0.1, 0.15) is 0 Å².